The third kappa shape index (κ3) is 6.71. The highest BCUT2D eigenvalue weighted by molar-refractivity contribution is 6.36. The number of allylic oxidation sites excluding steroid dienone is 2. The first-order valence-corrected chi connectivity index (χ1v) is 22.3. The number of benzene rings is 6. The van der Waals surface area contributed by atoms with Crippen LogP contribution < -0.4 is 24.5 Å². The number of ether oxygens (including phenoxy) is 3. The van der Waals surface area contributed by atoms with E-state index in [1.165, 1.54) is 11.0 Å². The number of hydrogen-bond donors (Lipinski definition) is 2. The minimum absolute atomic E-state index is 0.0534. The number of aromatic hydroxyl groups is 1. The number of phenolic OH excluding ortho intramolecular Hbond substituents is 1. The number of fused-ring (bicyclic) bond motifs is 5. The number of halogens is 2. The Morgan fingerprint density at radius 3 is 2.17 bits per heavy atom. The molecular formula is C53H43Cl2N3O8. The van der Waals surface area contributed by atoms with Crippen LogP contribution in [0.3, 0.4) is 0 Å². The summed E-state index contributed by atoms with van der Waals surface area (Å²) in [5.74, 6) is -3.76. The summed E-state index contributed by atoms with van der Waals surface area (Å²) < 4.78 is 16.5. The lowest BCUT2D eigenvalue weighted by molar-refractivity contribution is -0.138. The van der Waals surface area contributed by atoms with E-state index < -0.39 is 46.8 Å². The van der Waals surface area contributed by atoms with Gasteiger partial charge >= 0.3 is 0 Å². The van der Waals surface area contributed by atoms with E-state index in [1.54, 1.807) is 69.9 Å². The molecule has 6 atom stereocenters. The molecule has 0 aromatic heterocycles. The minimum atomic E-state index is -1.58. The molecule has 13 heteroatoms. The van der Waals surface area contributed by atoms with Gasteiger partial charge in [-0.15, -0.1) is 0 Å². The monoisotopic (exact) mass is 919 g/mol. The molecule has 6 aromatic rings. The fraction of sp³-hybridized carbons (Fsp3) is 0.208. The molecule has 0 spiro atoms. The molecule has 2 saturated heterocycles. The van der Waals surface area contributed by atoms with Crippen LogP contribution >= 0.6 is 23.2 Å². The number of imide groups is 2. The number of amides is 4. The normalized spacial score (nSPS) is 23.5. The molecule has 0 bridgehead atoms. The summed E-state index contributed by atoms with van der Waals surface area (Å²) in [5, 5.41) is 14.0. The standard InChI is InChI=1S/C53H43Cl2N3O8/c1-64-34-17-12-31(13-18-34)53-42(50(61)58(52(53)63)56-44-23-14-32(54)27-43(44)55)28-41-39(48(53)38-22-24-45(59)37-7-5-4-6-36(37)38)20-21-40-47(41)51(62)57(49(40)60)33-15-9-29(10-16-33)8-11-30-26-35(65-2)19-25-46(30)66-3/h4-20,22-27,40-42,47-48,56,59H,21,28H2,1-3H3/t40-,41+,42-,47-,48-,53+/m0/s1. The summed E-state index contributed by atoms with van der Waals surface area (Å²) in [5.41, 5.74) is 5.88. The quantitative estimate of drug-likeness (QED) is 0.0782. The van der Waals surface area contributed by atoms with Gasteiger partial charge in [-0.2, -0.15) is 5.01 Å². The molecule has 332 valence electrons. The van der Waals surface area contributed by atoms with Gasteiger partial charge in [0.15, 0.2) is 0 Å². The van der Waals surface area contributed by atoms with Gasteiger partial charge in [0.2, 0.25) is 11.8 Å². The number of methoxy groups -OCH3 is 3. The number of carbonyl (C=O) groups is 4. The van der Waals surface area contributed by atoms with Crippen molar-refractivity contribution >= 4 is 81.1 Å². The van der Waals surface area contributed by atoms with Crippen molar-refractivity contribution in [2.45, 2.75) is 24.2 Å². The molecule has 1 saturated carbocycles. The average molecular weight is 921 g/mol. The van der Waals surface area contributed by atoms with Crippen LogP contribution in [0, 0.1) is 23.7 Å². The highest BCUT2D eigenvalue weighted by Crippen LogP contribution is 2.65. The maximum atomic E-state index is 15.8. The third-order valence-electron chi connectivity index (χ3n) is 13.9. The molecule has 4 amide bonds. The molecule has 0 unspecified atom stereocenters. The number of phenols is 1. The first-order chi connectivity index (χ1) is 32.0. The first-order valence-electron chi connectivity index (χ1n) is 21.5. The van der Waals surface area contributed by atoms with Crippen molar-refractivity contribution < 1.29 is 38.5 Å². The van der Waals surface area contributed by atoms with Crippen LogP contribution in [0.5, 0.6) is 23.0 Å². The lowest BCUT2D eigenvalue weighted by Crippen LogP contribution is -2.53. The van der Waals surface area contributed by atoms with Crippen LogP contribution in [0.1, 0.15) is 41.0 Å². The zero-order valence-corrected chi connectivity index (χ0v) is 37.5. The van der Waals surface area contributed by atoms with Crippen LogP contribution in [-0.4, -0.2) is 55.1 Å². The topological polar surface area (TPSA) is 135 Å². The van der Waals surface area contributed by atoms with E-state index in [0.717, 1.165) is 21.7 Å². The first kappa shape index (κ1) is 42.8. The molecule has 2 aliphatic carbocycles. The zero-order valence-electron chi connectivity index (χ0n) is 36.0. The Morgan fingerprint density at radius 1 is 0.727 bits per heavy atom. The Balaban J connectivity index is 1.08. The summed E-state index contributed by atoms with van der Waals surface area (Å²) in [6.07, 6.45) is 6.16. The van der Waals surface area contributed by atoms with Crippen molar-refractivity contribution in [3.63, 3.8) is 0 Å². The van der Waals surface area contributed by atoms with E-state index in [2.05, 4.69) is 5.43 Å². The van der Waals surface area contributed by atoms with Crippen molar-refractivity contribution in [1.82, 2.24) is 5.01 Å². The van der Waals surface area contributed by atoms with Gasteiger partial charge in [-0.05, 0) is 108 Å². The van der Waals surface area contributed by atoms with E-state index in [-0.39, 0.29) is 35.4 Å². The fourth-order valence-corrected chi connectivity index (χ4v) is 11.3. The molecule has 0 radical (unpaired) electrons. The summed E-state index contributed by atoms with van der Waals surface area (Å²) in [4.78, 5) is 61.9. The highest BCUT2D eigenvalue weighted by atomic mass is 35.5. The maximum Gasteiger partial charge on any atom is 0.260 e. The number of rotatable bonds is 10. The number of nitrogens with one attached hydrogen (secondary N) is 1. The van der Waals surface area contributed by atoms with Crippen molar-refractivity contribution in [3.05, 3.63) is 165 Å². The number of hydrogen-bond acceptors (Lipinski definition) is 9. The van der Waals surface area contributed by atoms with E-state index in [9.17, 15) is 9.90 Å². The highest BCUT2D eigenvalue weighted by Gasteiger charge is 2.70. The fourth-order valence-electron chi connectivity index (χ4n) is 10.9. The Hall–Kier alpha value is -7.08. The second kappa shape index (κ2) is 16.7. The van der Waals surface area contributed by atoms with Crippen LogP contribution in [0.25, 0.3) is 22.9 Å². The Morgan fingerprint density at radius 2 is 1.45 bits per heavy atom. The lowest BCUT2D eigenvalue weighted by Gasteiger charge is -2.51. The summed E-state index contributed by atoms with van der Waals surface area (Å²) in [7, 11) is 4.76. The van der Waals surface area contributed by atoms with Crippen LogP contribution in [0.2, 0.25) is 10.0 Å². The number of nitrogens with zero attached hydrogens (tertiary/aromatic N) is 2. The van der Waals surface area contributed by atoms with Gasteiger partial charge in [-0.25, -0.2) is 0 Å². The summed E-state index contributed by atoms with van der Waals surface area (Å²) in [6.45, 7) is 0. The zero-order chi connectivity index (χ0) is 46.0. The molecule has 66 heavy (non-hydrogen) atoms. The molecule has 4 aliphatic rings. The molecule has 11 nitrogen and oxygen atoms in total. The second-order valence-corrected chi connectivity index (χ2v) is 17.8. The molecule has 2 aliphatic heterocycles. The number of carbonyl (C=O) groups excluding carboxylic acids is 4. The summed E-state index contributed by atoms with van der Waals surface area (Å²) >= 11 is 12.9. The number of hydrazine groups is 1. The van der Waals surface area contributed by atoms with Gasteiger partial charge < -0.3 is 19.3 Å². The smallest absolute Gasteiger partial charge is 0.260 e. The third-order valence-corrected chi connectivity index (χ3v) is 14.4. The minimum Gasteiger partial charge on any atom is -0.507 e. The second-order valence-electron chi connectivity index (χ2n) is 17.0. The van der Waals surface area contributed by atoms with Crippen molar-refractivity contribution in [3.8, 4) is 23.0 Å². The van der Waals surface area contributed by atoms with Crippen molar-refractivity contribution in [1.29, 1.82) is 0 Å². The molecule has 6 aromatic carbocycles. The van der Waals surface area contributed by atoms with Gasteiger partial charge in [-0.1, -0.05) is 102 Å². The van der Waals surface area contributed by atoms with Crippen molar-refractivity contribution in [2.75, 3.05) is 31.7 Å². The van der Waals surface area contributed by atoms with E-state index in [0.29, 0.717) is 55.5 Å². The van der Waals surface area contributed by atoms with Gasteiger partial charge in [0.05, 0.1) is 60.9 Å². The Kier molecular flexibility index (Phi) is 10.9. The molecule has 2 N–H and O–H groups in total. The Bertz CT molecular complexity index is 3040. The molecule has 2 heterocycles. The van der Waals surface area contributed by atoms with Gasteiger partial charge in [-0.3, -0.25) is 29.5 Å². The average Bonchev–Trinajstić information content (AvgIpc) is 3.72. The maximum absolute atomic E-state index is 15.8. The van der Waals surface area contributed by atoms with Crippen LogP contribution in [0.15, 0.2) is 133 Å². The molecule has 10 rings (SSSR count). The number of anilines is 2. The van der Waals surface area contributed by atoms with E-state index >= 15 is 14.4 Å². The van der Waals surface area contributed by atoms with Gasteiger partial charge in [0.1, 0.15) is 23.0 Å². The van der Waals surface area contributed by atoms with Gasteiger partial charge in [0.25, 0.3) is 11.8 Å². The lowest BCUT2D eigenvalue weighted by atomic mass is 9.49. The van der Waals surface area contributed by atoms with E-state index in [1.807, 2.05) is 85.0 Å². The van der Waals surface area contributed by atoms with E-state index in [4.69, 9.17) is 37.4 Å². The van der Waals surface area contributed by atoms with Gasteiger partial charge in [0, 0.05) is 21.9 Å². The van der Waals surface area contributed by atoms with Crippen LogP contribution in [-0.2, 0) is 24.6 Å². The largest absolute Gasteiger partial charge is 0.507 e. The van der Waals surface area contributed by atoms with Crippen molar-refractivity contribution in [2.24, 2.45) is 23.7 Å². The Labute approximate surface area is 390 Å². The predicted octanol–water partition coefficient (Wildman–Crippen LogP) is 10.2. The van der Waals surface area contributed by atoms with Crippen LogP contribution in [0.4, 0.5) is 11.4 Å². The SMILES string of the molecule is COc1ccc([C@@]23C(=O)N(Nc4ccc(Cl)cc4Cl)C(=O)[C@@H]2C[C@@H]2C(=CC[C@@H]4C(=O)N(c5ccc(C=Cc6cc(OC)ccc6OC)cc5)C(=O)[C@@H]42)[C@@H]3c2ccc(O)c3ccccc23)cc1. The summed E-state index contributed by atoms with van der Waals surface area (Å²) in [6, 6.07) is 35.4. The predicted molar refractivity (Wildman–Crippen MR) is 254 cm³/mol. The molecular weight excluding hydrogens is 878 g/mol. The molecule has 3 fully saturated rings.